The van der Waals surface area contributed by atoms with Crippen LogP contribution in [0.15, 0.2) is 53.4 Å². The second kappa shape index (κ2) is 6.29. The molecule has 0 aliphatic heterocycles. The first-order valence-corrected chi connectivity index (χ1v) is 7.64. The van der Waals surface area contributed by atoms with E-state index < -0.39 is 10.1 Å². The van der Waals surface area contributed by atoms with Crippen molar-refractivity contribution in [1.29, 1.82) is 5.26 Å². The van der Waals surface area contributed by atoms with Crippen LogP contribution in [0.5, 0.6) is 11.5 Å². The summed E-state index contributed by atoms with van der Waals surface area (Å²) in [5, 5.41) is 8.83. The van der Waals surface area contributed by atoms with Crippen molar-refractivity contribution in [2.75, 3.05) is 6.61 Å². The smallest absolute Gasteiger partial charge is 0.339 e. The van der Waals surface area contributed by atoms with Crippen LogP contribution >= 0.6 is 0 Å². The monoisotopic (exact) mass is 303 g/mol. The number of nitriles is 1. The Morgan fingerprint density at radius 3 is 2.48 bits per heavy atom. The summed E-state index contributed by atoms with van der Waals surface area (Å²) in [6.07, 6.45) is 0. The molecule has 0 bridgehead atoms. The molecule has 0 atom stereocenters. The Bertz CT molecular complexity index is 778. The summed E-state index contributed by atoms with van der Waals surface area (Å²) in [4.78, 5) is -0.0761. The van der Waals surface area contributed by atoms with Gasteiger partial charge in [0.1, 0.15) is 4.90 Å². The highest BCUT2D eigenvalue weighted by atomic mass is 32.2. The lowest BCUT2D eigenvalue weighted by molar-refractivity contribution is 0.327. The zero-order valence-corrected chi connectivity index (χ0v) is 12.1. The molecule has 0 saturated heterocycles. The molecule has 0 N–H and O–H groups in total. The molecule has 0 aromatic heterocycles. The van der Waals surface area contributed by atoms with E-state index in [2.05, 4.69) is 0 Å². The number of para-hydroxylation sites is 2. The fourth-order valence-corrected chi connectivity index (χ4v) is 2.67. The standard InChI is InChI=1S/C15H13NO4S/c1-2-19-14-8-3-4-9-15(14)20-21(17,18)13-7-5-6-12(10-13)11-16/h3-10H,2H2,1H3. The molecule has 21 heavy (non-hydrogen) atoms. The first-order valence-electron chi connectivity index (χ1n) is 6.23. The van der Waals surface area contributed by atoms with Gasteiger partial charge in [0.05, 0.1) is 18.2 Å². The molecule has 0 aliphatic rings. The third-order valence-electron chi connectivity index (χ3n) is 2.60. The number of benzene rings is 2. The molecule has 0 radical (unpaired) electrons. The fourth-order valence-electron chi connectivity index (χ4n) is 1.68. The van der Waals surface area contributed by atoms with Gasteiger partial charge in [0.15, 0.2) is 11.5 Å². The molecule has 108 valence electrons. The SMILES string of the molecule is CCOc1ccccc1OS(=O)(=O)c1cccc(C#N)c1. The maximum atomic E-state index is 12.2. The van der Waals surface area contributed by atoms with E-state index in [-0.39, 0.29) is 16.2 Å². The molecular weight excluding hydrogens is 290 g/mol. The Kier molecular flexibility index (Phi) is 4.45. The lowest BCUT2D eigenvalue weighted by Gasteiger charge is -2.11. The zero-order chi connectivity index (χ0) is 15.3. The van der Waals surface area contributed by atoms with E-state index in [1.54, 1.807) is 25.1 Å². The van der Waals surface area contributed by atoms with Crippen LogP contribution in [-0.4, -0.2) is 15.0 Å². The maximum Gasteiger partial charge on any atom is 0.339 e. The molecule has 0 unspecified atom stereocenters. The van der Waals surface area contributed by atoms with Crippen LogP contribution in [0, 0.1) is 11.3 Å². The molecule has 0 fully saturated rings. The van der Waals surface area contributed by atoms with Gasteiger partial charge >= 0.3 is 10.1 Å². The highest BCUT2D eigenvalue weighted by molar-refractivity contribution is 7.87. The summed E-state index contributed by atoms with van der Waals surface area (Å²) >= 11 is 0. The van der Waals surface area contributed by atoms with Gasteiger partial charge < -0.3 is 8.92 Å². The number of hydrogen-bond donors (Lipinski definition) is 0. The van der Waals surface area contributed by atoms with Crippen molar-refractivity contribution in [2.45, 2.75) is 11.8 Å². The minimum absolute atomic E-state index is 0.0761. The maximum absolute atomic E-state index is 12.2. The van der Waals surface area contributed by atoms with E-state index in [0.717, 1.165) is 0 Å². The number of rotatable bonds is 5. The number of nitrogens with zero attached hydrogens (tertiary/aromatic N) is 1. The summed E-state index contributed by atoms with van der Waals surface area (Å²) in [6.45, 7) is 2.19. The molecule has 2 aromatic carbocycles. The topological polar surface area (TPSA) is 76.4 Å². The second-order valence-electron chi connectivity index (χ2n) is 4.06. The van der Waals surface area contributed by atoms with E-state index in [9.17, 15) is 8.42 Å². The molecule has 0 saturated carbocycles. The Morgan fingerprint density at radius 2 is 1.81 bits per heavy atom. The van der Waals surface area contributed by atoms with Crippen LogP contribution in [0.4, 0.5) is 0 Å². The average Bonchev–Trinajstić information content (AvgIpc) is 2.49. The van der Waals surface area contributed by atoms with Gasteiger partial charge in [-0.2, -0.15) is 13.7 Å². The van der Waals surface area contributed by atoms with Gasteiger partial charge in [-0.25, -0.2) is 0 Å². The first-order chi connectivity index (χ1) is 10.1. The summed E-state index contributed by atoms with van der Waals surface area (Å²) in [7, 11) is -4.02. The highest BCUT2D eigenvalue weighted by Crippen LogP contribution is 2.29. The molecule has 6 heteroatoms. The van der Waals surface area contributed by atoms with Crippen molar-refractivity contribution < 1.29 is 17.3 Å². The predicted octanol–water partition coefficient (Wildman–Crippen LogP) is 2.72. The van der Waals surface area contributed by atoms with Crippen LogP contribution in [0.1, 0.15) is 12.5 Å². The summed E-state index contributed by atoms with van der Waals surface area (Å²) in [6, 6.07) is 14.0. The minimum Gasteiger partial charge on any atom is -0.490 e. The van der Waals surface area contributed by atoms with Crippen LogP contribution in [0.25, 0.3) is 0 Å². The second-order valence-corrected chi connectivity index (χ2v) is 5.60. The molecular formula is C15H13NO4S. The van der Waals surface area contributed by atoms with Crippen LogP contribution in [0.2, 0.25) is 0 Å². The number of ether oxygens (including phenoxy) is 1. The summed E-state index contributed by atoms with van der Waals surface area (Å²) in [5.74, 6) is 0.460. The lowest BCUT2D eigenvalue weighted by Crippen LogP contribution is -2.11. The van der Waals surface area contributed by atoms with Crippen LogP contribution in [0.3, 0.4) is 0 Å². The largest absolute Gasteiger partial charge is 0.490 e. The van der Waals surface area contributed by atoms with Crippen molar-refractivity contribution in [2.24, 2.45) is 0 Å². The highest BCUT2D eigenvalue weighted by Gasteiger charge is 2.19. The molecule has 0 aliphatic carbocycles. The Hall–Kier alpha value is -2.52. The van der Waals surface area contributed by atoms with Gasteiger partial charge in [0, 0.05) is 0 Å². The van der Waals surface area contributed by atoms with E-state index in [0.29, 0.717) is 12.4 Å². The van der Waals surface area contributed by atoms with Crippen LogP contribution in [-0.2, 0) is 10.1 Å². The van der Waals surface area contributed by atoms with Crippen molar-refractivity contribution in [3.8, 4) is 17.6 Å². The quantitative estimate of drug-likeness (QED) is 0.794. The molecule has 0 amide bonds. The Balaban J connectivity index is 2.36. The van der Waals surface area contributed by atoms with Gasteiger partial charge in [-0.05, 0) is 37.3 Å². The predicted molar refractivity (Wildman–Crippen MR) is 76.6 cm³/mol. The van der Waals surface area contributed by atoms with Gasteiger partial charge in [-0.1, -0.05) is 18.2 Å². The Labute approximate surface area is 123 Å². The first kappa shape index (κ1) is 14.9. The van der Waals surface area contributed by atoms with Gasteiger partial charge in [0.2, 0.25) is 0 Å². The molecule has 5 nitrogen and oxygen atoms in total. The van der Waals surface area contributed by atoms with E-state index in [4.69, 9.17) is 14.2 Å². The third kappa shape index (κ3) is 3.52. The third-order valence-corrected chi connectivity index (χ3v) is 3.83. The fraction of sp³-hybridized carbons (Fsp3) is 0.133. The summed E-state index contributed by atoms with van der Waals surface area (Å²) in [5.41, 5.74) is 0.248. The molecule has 2 aromatic rings. The van der Waals surface area contributed by atoms with Crippen molar-refractivity contribution in [3.63, 3.8) is 0 Å². The van der Waals surface area contributed by atoms with E-state index in [1.165, 1.54) is 30.3 Å². The van der Waals surface area contributed by atoms with Crippen LogP contribution < -0.4 is 8.92 Å². The van der Waals surface area contributed by atoms with Crippen molar-refractivity contribution in [1.82, 2.24) is 0 Å². The van der Waals surface area contributed by atoms with Gasteiger partial charge in [-0.15, -0.1) is 0 Å². The van der Waals surface area contributed by atoms with Crippen molar-refractivity contribution >= 4 is 10.1 Å². The molecule has 0 heterocycles. The summed E-state index contributed by atoms with van der Waals surface area (Å²) < 4.78 is 34.9. The van der Waals surface area contributed by atoms with Gasteiger partial charge in [-0.3, -0.25) is 0 Å². The molecule has 0 spiro atoms. The number of hydrogen-bond acceptors (Lipinski definition) is 5. The van der Waals surface area contributed by atoms with E-state index >= 15 is 0 Å². The zero-order valence-electron chi connectivity index (χ0n) is 11.3. The molecule has 2 rings (SSSR count). The Morgan fingerprint density at radius 1 is 1.10 bits per heavy atom. The lowest BCUT2D eigenvalue weighted by atomic mass is 10.2. The van der Waals surface area contributed by atoms with E-state index in [1.807, 2.05) is 6.07 Å². The van der Waals surface area contributed by atoms with Crippen molar-refractivity contribution in [3.05, 3.63) is 54.1 Å². The minimum atomic E-state index is -4.02. The average molecular weight is 303 g/mol. The van der Waals surface area contributed by atoms with Gasteiger partial charge in [0.25, 0.3) is 0 Å². The normalized spacial score (nSPS) is 10.7.